The maximum atomic E-state index is 11.3. The molecule has 2 rings (SSSR count). The molecule has 1 amide bonds. The lowest BCUT2D eigenvalue weighted by Gasteiger charge is -2.15. The summed E-state index contributed by atoms with van der Waals surface area (Å²) in [5, 5.41) is 0. The highest BCUT2D eigenvalue weighted by atomic mass is 32.2. The van der Waals surface area contributed by atoms with Crippen LogP contribution in [0.25, 0.3) is 0 Å². The van der Waals surface area contributed by atoms with Crippen LogP contribution in [0.4, 0.5) is 11.4 Å². The summed E-state index contributed by atoms with van der Waals surface area (Å²) >= 11 is 0. The van der Waals surface area contributed by atoms with Crippen LogP contribution >= 0.6 is 0 Å². The van der Waals surface area contributed by atoms with Gasteiger partial charge < -0.3 is 10.6 Å². The van der Waals surface area contributed by atoms with E-state index in [-0.39, 0.29) is 16.5 Å². The van der Waals surface area contributed by atoms with Crippen molar-refractivity contribution in [1.82, 2.24) is 0 Å². The van der Waals surface area contributed by atoms with Crippen LogP contribution in [0.5, 0.6) is 0 Å². The Kier molecular flexibility index (Phi) is 4.54. The Bertz CT molecular complexity index is 596. The van der Waals surface area contributed by atoms with E-state index < -0.39 is 10.1 Å². The number of hydrogen-bond acceptors (Lipinski definition) is 4. The van der Waals surface area contributed by atoms with E-state index in [1.54, 1.807) is 0 Å². The lowest BCUT2D eigenvalue weighted by molar-refractivity contribution is -0.116. The minimum Gasteiger partial charge on any atom is -0.398 e. The molecule has 19 heavy (non-hydrogen) atoms. The van der Waals surface area contributed by atoms with E-state index in [0.717, 1.165) is 5.56 Å². The van der Waals surface area contributed by atoms with E-state index in [0.29, 0.717) is 18.7 Å². The lowest BCUT2D eigenvalue weighted by atomic mass is 10.1. The van der Waals surface area contributed by atoms with Crippen molar-refractivity contribution in [3.8, 4) is 0 Å². The number of amides is 1. The van der Waals surface area contributed by atoms with Gasteiger partial charge >= 0.3 is 0 Å². The summed E-state index contributed by atoms with van der Waals surface area (Å²) in [4.78, 5) is 12.4. The third-order valence-corrected chi connectivity index (χ3v) is 3.67. The zero-order valence-corrected chi connectivity index (χ0v) is 12.0. The predicted molar refractivity (Wildman–Crippen MR) is 73.7 cm³/mol. The first-order chi connectivity index (χ1) is 8.80. The second kappa shape index (κ2) is 5.58. The van der Waals surface area contributed by atoms with Crippen molar-refractivity contribution in [2.75, 3.05) is 17.2 Å². The van der Waals surface area contributed by atoms with Gasteiger partial charge in [-0.3, -0.25) is 9.35 Å². The van der Waals surface area contributed by atoms with E-state index in [1.807, 2.05) is 13.8 Å². The second-order valence-electron chi connectivity index (χ2n) is 3.91. The largest absolute Gasteiger partial charge is 0.398 e. The maximum Gasteiger partial charge on any atom is 0.296 e. The first kappa shape index (κ1) is 15.5. The lowest BCUT2D eigenvalue weighted by Crippen LogP contribution is -2.25. The molecule has 0 saturated heterocycles. The molecule has 7 heteroatoms. The first-order valence-electron chi connectivity index (χ1n) is 5.98. The van der Waals surface area contributed by atoms with Crippen LogP contribution in [0.1, 0.15) is 26.3 Å². The molecule has 3 N–H and O–H groups in total. The first-order valence-corrected chi connectivity index (χ1v) is 7.42. The van der Waals surface area contributed by atoms with Crippen LogP contribution in [0, 0.1) is 0 Å². The van der Waals surface area contributed by atoms with Gasteiger partial charge in [-0.2, -0.15) is 8.42 Å². The number of carbonyl (C=O) groups excluding carboxylic acids is 1. The number of anilines is 2. The number of benzene rings is 1. The molecule has 0 radical (unpaired) electrons. The molecule has 0 saturated carbocycles. The number of nitrogen functional groups attached to an aromatic ring is 1. The molecule has 0 aliphatic carbocycles. The Labute approximate surface area is 113 Å². The molecule has 6 nitrogen and oxygen atoms in total. The Balaban J connectivity index is 0.000000861. The molecular formula is C12H18N2O4S. The predicted octanol–water partition coefficient (Wildman–Crippen LogP) is 1.45. The molecule has 1 aliphatic rings. The van der Waals surface area contributed by atoms with Crippen molar-refractivity contribution >= 4 is 27.4 Å². The van der Waals surface area contributed by atoms with Crippen molar-refractivity contribution in [3.05, 3.63) is 17.7 Å². The average Bonchev–Trinajstić information content (AvgIpc) is 2.72. The van der Waals surface area contributed by atoms with Crippen molar-refractivity contribution in [2.45, 2.75) is 32.1 Å². The van der Waals surface area contributed by atoms with Crippen LogP contribution in [0.2, 0.25) is 0 Å². The van der Waals surface area contributed by atoms with Crippen molar-refractivity contribution in [1.29, 1.82) is 0 Å². The minimum absolute atomic E-state index is 0.00310. The number of carbonyl (C=O) groups is 1. The molecule has 1 aromatic carbocycles. The molecule has 1 aliphatic heterocycles. The molecular weight excluding hydrogens is 268 g/mol. The van der Waals surface area contributed by atoms with Gasteiger partial charge in [0, 0.05) is 19.2 Å². The highest BCUT2D eigenvalue weighted by Gasteiger charge is 2.26. The van der Waals surface area contributed by atoms with Crippen LogP contribution < -0.4 is 10.6 Å². The Morgan fingerprint density at radius 1 is 1.37 bits per heavy atom. The summed E-state index contributed by atoms with van der Waals surface area (Å²) in [5.41, 5.74) is 6.87. The molecule has 0 spiro atoms. The van der Waals surface area contributed by atoms with Crippen LogP contribution in [0.15, 0.2) is 17.0 Å². The van der Waals surface area contributed by atoms with E-state index in [9.17, 15) is 13.2 Å². The summed E-state index contributed by atoms with van der Waals surface area (Å²) in [5.74, 6) is -0.171. The Hall–Kier alpha value is -1.60. The summed E-state index contributed by atoms with van der Waals surface area (Å²) in [7, 11) is -4.37. The zero-order valence-electron chi connectivity index (χ0n) is 11.2. The topological polar surface area (TPSA) is 101 Å². The second-order valence-corrected chi connectivity index (χ2v) is 5.30. The molecule has 0 bridgehead atoms. The molecule has 0 atom stereocenters. The van der Waals surface area contributed by atoms with Crippen LogP contribution in [0.3, 0.4) is 0 Å². The highest BCUT2D eigenvalue weighted by Crippen LogP contribution is 2.34. The van der Waals surface area contributed by atoms with Gasteiger partial charge in [-0.05, 0) is 24.1 Å². The van der Waals surface area contributed by atoms with Gasteiger partial charge in [-0.15, -0.1) is 0 Å². The zero-order chi connectivity index (χ0) is 14.8. The normalized spacial score (nSPS) is 13.6. The van der Waals surface area contributed by atoms with Crippen LogP contribution in [-0.4, -0.2) is 25.4 Å². The van der Waals surface area contributed by atoms with E-state index >= 15 is 0 Å². The summed E-state index contributed by atoms with van der Waals surface area (Å²) < 4.78 is 31.2. The minimum atomic E-state index is -4.37. The van der Waals surface area contributed by atoms with Gasteiger partial charge in [0.1, 0.15) is 4.90 Å². The van der Waals surface area contributed by atoms with E-state index in [2.05, 4.69) is 0 Å². The molecule has 0 aromatic heterocycles. The third-order valence-electron chi connectivity index (χ3n) is 2.76. The Morgan fingerprint density at radius 3 is 2.42 bits per heavy atom. The number of nitrogens with two attached hydrogens (primary N) is 1. The highest BCUT2D eigenvalue weighted by molar-refractivity contribution is 7.86. The summed E-state index contributed by atoms with van der Waals surface area (Å²) in [6, 6.07) is 2.73. The van der Waals surface area contributed by atoms with Gasteiger partial charge in [0.15, 0.2) is 0 Å². The molecule has 0 fully saturated rings. The fraction of sp³-hybridized carbons (Fsp3) is 0.417. The van der Waals surface area contributed by atoms with Crippen LogP contribution in [-0.2, 0) is 21.3 Å². The van der Waals surface area contributed by atoms with Gasteiger partial charge in [0.25, 0.3) is 10.1 Å². The number of nitrogens with zero attached hydrogens (tertiary/aromatic N) is 1. The molecule has 1 aromatic rings. The molecule has 1 heterocycles. The van der Waals surface area contributed by atoms with Crippen molar-refractivity contribution in [3.63, 3.8) is 0 Å². The number of hydrogen-bond donors (Lipinski definition) is 2. The standard InChI is InChI=1S/C10H12N2O4S.C2H6/c1-6(13)12-3-2-7-4-8(11)10(5-9(7)12)17(14,15)16;1-2/h4-5H,2-3,11H2,1H3,(H,14,15,16);1-2H3. The third kappa shape index (κ3) is 3.05. The van der Waals surface area contributed by atoms with Gasteiger partial charge in [0.05, 0.1) is 5.69 Å². The monoisotopic (exact) mass is 286 g/mol. The molecule has 106 valence electrons. The van der Waals surface area contributed by atoms with Gasteiger partial charge in [-0.25, -0.2) is 0 Å². The number of rotatable bonds is 1. The fourth-order valence-electron chi connectivity index (χ4n) is 1.99. The quantitative estimate of drug-likeness (QED) is 0.601. The smallest absolute Gasteiger partial charge is 0.296 e. The SMILES string of the molecule is CC.CC(=O)N1CCc2cc(N)c(S(=O)(=O)O)cc21. The van der Waals surface area contributed by atoms with E-state index in [4.69, 9.17) is 10.3 Å². The van der Waals surface area contributed by atoms with E-state index in [1.165, 1.54) is 24.0 Å². The van der Waals surface area contributed by atoms with Crippen molar-refractivity contribution in [2.24, 2.45) is 0 Å². The van der Waals surface area contributed by atoms with Gasteiger partial charge in [-0.1, -0.05) is 13.8 Å². The number of fused-ring (bicyclic) bond motifs is 1. The Morgan fingerprint density at radius 2 is 1.95 bits per heavy atom. The summed E-state index contributed by atoms with van der Waals surface area (Å²) in [6.45, 7) is 5.90. The van der Waals surface area contributed by atoms with Gasteiger partial charge in [0.2, 0.25) is 5.91 Å². The average molecular weight is 286 g/mol. The summed E-state index contributed by atoms with van der Waals surface area (Å²) in [6.07, 6.45) is 0.630. The molecule has 0 unspecified atom stereocenters. The maximum absolute atomic E-state index is 11.3. The fourth-order valence-corrected chi connectivity index (χ4v) is 2.61. The van der Waals surface area contributed by atoms with Crippen molar-refractivity contribution < 1.29 is 17.8 Å².